The number of carbonyl (C=O) groups is 1. The summed E-state index contributed by atoms with van der Waals surface area (Å²) in [5, 5.41) is 3.23. The number of nitrogens with one attached hydrogen (secondary N) is 1. The number of amides is 1. The summed E-state index contributed by atoms with van der Waals surface area (Å²) in [5.41, 5.74) is 1.18. The Morgan fingerprint density at radius 3 is 2.74 bits per heavy atom. The highest BCUT2D eigenvalue weighted by molar-refractivity contribution is 5.79. The molecule has 27 heavy (non-hydrogen) atoms. The molecule has 1 aromatic rings. The normalized spacial score (nSPS) is 28.2. The van der Waals surface area contributed by atoms with Crippen LogP contribution in [0.4, 0.5) is 5.69 Å². The maximum Gasteiger partial charge on any atom is 0.223 e. The Morgan fingerprint density at radius 2 is 1.93 bits per heavy atom. The summed E-state index contributed by atoms with van der Waals surface area (Å²) in [6.07, 6.45) is 6.33. The molecule has 0 bridgehead atoms. The standard InChI is InChI=1S/C22H33N3O2/c1-27-21-8-3-2-7-20(21)25-15-13-24(14-16-25)12-11-23-22(26)19-10-9-17-5-4-6-18(17)19/h2-3,7-8,17-19H,4-6,9-16H2,1H3,(H,23,26). The third-order valence-corrected chi connectivity index (χ3v) is 6.95. The Labute approximate surface area is 163 Å². The van der Waals surface area contributed by atoms with E-state index >= 15 is 0 Å². The average Bonchev–Trinajstić information content (AvgIpc) is 3.32. The highest BCUT2D eigenvalue weighted by Gasteiger charge is 2.42. The van der Waals surface area contributed by atoms with Gasteiger partial charge in [-0.15, -0.1) is 0 Å². The topological polar surface area (TPSA) is 44.8 Å². The van der Waals surface area contributed by atoms with Crippen molar-refractivity contribution in [2.24, 2.45) is 17.8 Å². The molecule has 5 heteroatoms. The van der Waals surface area contributed by atoms with Crippen LogP contribution in [0.3, 0.4) is 0 Å². The molecule has 0 spiro atoms. The van der Waals surface area contributed by atoms with Crippen LogP contribution in [0.25, 0.3) is 0 Å². The van der Waals surface area contributed by atoms with E-state index in [4.69, 9.17) is 4.74 Å². The third-order valence-electron chi connectivity index (χ3n) is 6.95. The van der Waals surface area contributed by atoms with E-state index in [1.807, 2.05) is 12.1 Å². The number of ether oxygens (including phenoxy) is 1. The molecule has 3 aliphatic rings. The first-order valence-electron chi connectivity index (χ1n) is 10.6. The smallest absolute Gasteiger partial charge is 0.223 e. The van der Waals surface area contributed by atoms with Crippen LogP contribution in [0.5, 0.6) is 5.75 Å². The number of nitrogens with zero attached hydrogens (tertiary/aromatic N) is 2. The molecule has 1 amide bonds. The number of fused-ring (bicyclic) bond motifs is 1. The van der Waals surface area contributed by atoms with Crippen LogP contribution >= 0.6 is 0 Å². The number of hydrogen-bond acceptors (Lipinski definition) is 4. The van der Waals surface area contributed by atoms with E-state index in [-0.39, 0.29) is 0 Å². The molecule has 148 valence electrons. The fourth-order valence-corrected chi connectivity index (χ4v) is 5.46. The lowest BCUT2D eigenvalue weighted by Crippen LogP contribution is -2.49. The number of para-hydroxylation sites is 2. The van der Waals surface area contributed by atoms with Gasteiger partial charge in [0.1, 0.15) is 5.75 Å². The molecule has 2 aliphatic carbocycles. The summed E-state index contributed by atoms with van der Waals surface area (Å²) in [5.74, 6) is 3.06. The number of benzene rings is 1. The predicted octanol–water partition coefficient (Wildman–Crippen LogP) is 2.76. The van der Waals surface area contributed by atoms with Crippen LogP contribution in [-0.2, 0) is 4.79 Å². The van der Waals surface area contributed by atoms with Crippen molar-refractivity contribution in [1.82, 2.24) is 10.2 Å². The zero-order chi connectivity index (χ0) is 18.6. The Bertz CT molecular complexity index is 642. The van der Waals surface area contributed by atoms with Gasteiger partial charge in [0, 0.05) is 45.2 Å². The summed E-state index contributed by atoms with van der Waals surface area (Å²) in [4.78, 5) is 17.4. The Balaban J connectivity index is 1.19. The van der Waals surface area contributed by atoms with Crippen molar-refractivity contribution in [2.75, 3.05) is 51.3 Å². The molecule has 1 aliphatic heterocycles. The van der Waals surface area contributed by atoms with Crippen molar-refractivity contribution in [3.8, 4) is 5.75 Å². The van der Waals surface area contributed by atoms with E-state index in [9.17, 15) is 4.79 Å². The van der Waals surface area contributed by atoms with E-state index in [1.54, 1.807) is 7.11 Å². The van der Waals surface area contributed by atoms with E-state index < -0.39 is 0 Å². The minimum atomic E-state index is 0.292. The van der Waals surface area contributed by atoms with E-state index in [2.05, 4.69) is 27.2 Å². The van der Waals surface area contributed by atoms with Gasteiger partial charge in [-0.2, -0.15) is 0 Å². The molecule has 3 fully saturated rings. The highest BCUT2D eigenvalue weighted by Crippen LogP contribution is 2.47. The number of hydrogen-bond donors (Lipinski definition) is 1. The van der Waals surface area contributed by atoms with Crippen LogP contribution in [0.15, 0.2) is 24.3 Å². The first kappa shape index (κ1) is 18.6. The van der Waals surface area contributed by atoms with Crippen LogP contribution in [-0.4, -0.2) is 57.2 Å². The van der Waals surface area contributed by atoms with Gasteiger partial charge in [-0.3, -0.25) is 9.69 Å². The maximum atomic E-state index is 12.6. The predicted molar refractivity (Wildman–Crippen MR) is 108 cm³/mol. The summed E-state index contributed by atoms with van der Waals surface area (Å²) in [7, 11) is 1.73. The molecule has 1 heterocycles. The zero-order valence-electron chi connectivity index (χ0n) is 16.5. The Morgan fingerprint density at radius 1 is 1.11 bits per heavy atom. The lowest BCUT2D eigenvalue weighted by molar-refractivity contribution is -0.126. The van der Waals surface area contributed by atoms with Crippen molar-refractivity contribution in [1.29, 1.82) is 0 Å². The second-order valence-electron chi connectivity index (χ2n) is 8.33. The van der Waals surface area contributed by atoms with Crippen molar-refractivity contribution in [3.05, 3.63) is 24.3 Å². The van der Waals surface area contributed by atoms with Gasteiger partial charge in [0.15, 0.2) is 0 Å². The number of rotatable bonds is 6. The van der Waals surface area contributed by atoms with Gasteiger partial charge in [0.05, 0.1) is 12.8 Å². The highest BCUT2D eigenvalue weighted by atomic mass is 16.5. The van der Waals surface area contributed by atoms with Gasteiger partial charge < -0.3 is 15.0 Å². The van der Waals surface area contributed by atoms with E-state index in [0.717, 1.165) is 57.4 Å². The molecule has 1 N–H and O–H groups in total. The van der Waals surface area contributed by atoms with Crippen LogP contribution < -0.4 is 15.0 Å². The van der Waals surface area contributed by atoms with Gasteiger partial charge in [0.25, 0.3) is 0 Å². The molecule has 1 saturated heterocycles. The minimum Gasteiger partial charge on any atom is -0.495 e. The molecule has 4 rings (SSSR count). The average molecular weight is 372 g/mol. The first-order valence-corrected chi connectivity index (χ1v) is 10.6. The van der Waals surface area contributed by atoms with Crippen LogP contribution in [0.1, 0.15) is 32.1 Å². The number of piperazine rings is 1. The first-order chi connectivity index (χ1) is 13.3. The van der Waals surface area contributed by atoms with Gasteiger partial charge in [0.2, 0.25) is 5.91 Å². The summed E-state index contributed by atoms with van der Waals surface area (Å²) in [6, 6.07) is 8.23. The molecule has 2 saturated carbocycles. The molecular weight excluding hydrogens is 338 g/mol. The summed E-state index contributed by atoms with van der Waals surface area (Å²) < 4.78 is 5.49. The number of anilines is 1. The lowest BCUT2D eigenvalue weighted by atomic mass is 9.91. The van der Waals surface area contributed by atoms with Crippen molar-refractivity contribution >= 4 is 11.6 Å². The minimum absolute atomic E-state index is 0.292. The summed E-state index contributed by atoms with van der Waals surface area (Å²) >= 11 is 0. The summed E-state index contributed by atoms with van der Waals surface area (Å²) in [6.45, 7) is 5.79. The van der Waals surface area contributed by atoms with Gasteiger partial charge in [-0.05, 0) is 43.2 Å². The second-order valence-corrected chi connectivity index (χ2v) is 8.33. The SMILES string of the molecule is COc1ccccc1N1CCN(CCNC(=O)C2CCC3CCCC32)CC1. The number of methoxy groups -OCH3 is 1. The fraction of sp³-hybridized carbons (Fsp3) is 0.682. The van der Waals surface area contributed by atoms with Crippen molar-refractivity contribution in [3.63, 3.8) is 0 Å². The monoisotopic (exact) mass is 371 g/mol. The largest absolute Gasteiger partial charge is 0.495 e. The van der Waals surface area contributed by atoms with Crippen LogP contribution in [0.2, 0.25) is 0 Å². The molecule has 1 aromatic carbocycles. The lowest BCUT2D eigenvalue weighted by Gasteiger charge is -2.36. The third kappa shape index (κ3) is 4.08. The zero-order valence-corrected chi connectivity index (χ0v) is 16.5. The van der Waals surface area contributed by atoms with Crippen molar-refractivity contribution < 1.29 is 9.53 Å². The van der Waals surface area contributed by atoms with Gasteiger partial charge in [-0.25, -0.2) is 0 Å². The quantitative estimate of drug-likeness (QED) is 0.835. The Kier molecular flexibility index (Phi) is 5.86. The van der Waals surface area contributed by atoms with Crippen LogP contribution in [0, 0.1) is 17.8 Å². The molecule has 0 aromatic heterocycles. The fourth-order valence-electron chi connectivity index (χ4n) is 5.46. The maximum absolute atomic E-state index is 12.6. The number of carbonyl (C=O) groups excluding carboxylic acids is 1. The second kappa shape index (κ2) is 8.51. The van der Waals surface area contributed by atoms with E-state index in [1.165, 1.54) is 31.4 Å². The van der Waals surface area contributed by atoms with Gasteiger partial charge >= 0.3 is 0 Å². The molecule has 0 radical (unpaired) electrons. The Hall–Kier alpha value is -1.75. The van der Waals surface area contributed by atoms with E-state index in [0.29, 0.717) is 17.7 Å². The molecule has 3 atom stereocenters. The van der Waals surface area contributed by atoms with Crippen molar-refractivity contribution in [2.45, 2.75) is 32.1 Å². The van der Waals surface area contributed by atoms with Gasteiger partial charge in [-0.1, -0.05) is 25.0 Å². The molecule has 3 unspecified atom stereocenters. The molecule has 5 nitrogen and oxygen atoms in total. The molecular formula is C22H33N3O2.